The summed E-state index contributed by atoms with van der Waals surface area (Å²) in [5.41, 5.74) is 3.89. The fourth-order valence-electron chi connectivity index (χ4n) is 1.48. The summed E-state index contributed by atoms with van der Waals surface area (Å²) in [6.45, 7) is 2.08. The van der Waals surface area contributed by atoms with E-state index in [-0.39, 0.29) is 6.04 Å². The molecule has 0 saturated carbocycles. The molecular formula is C12H13BrN2OS. The molecule has 1 unspecified atom stereocenters. The lowest BCUT2D eigenvalue weighted by Crippen LogP contribution is -2.07. The van der Waals surface area contributed by atoms with Crippen LogP contribution in [0.4, 0.5) is 5.69 Å². The van der Waals surface area contributed by atoms with Crippen molar-refractivity contribution in [2.24, 2.45) is 0 Å². The minimum atomic E-state index is 0.171. The van der Waals surface area contributed by atoms with Crippen molar-refractivity contribution >= 4 is 33.0 Å². The van der Waals surface area contributed by atoms with Crippen molar-refractivity contribution in [3.8, 4) is 5.75 Å². The molecule has 2 rings (SSSR count). The second-order valence-corrected chi connectivity index (χ2v) is 5.20. The summed E-state index contributed by atoms with van der Waals surface area (Å²) in [5, 5.41) is 5.45. The molecule has 0 radical (unpaired) electrons. The maximum atomic E-state index is 5.21. The lowest BCUT2D eigenvalue weighted by atomic mass is 10.2. The van der Waals surface area contributed by atoms with E-state index in [1.54, 1.807) is 18.4 Å². The van der Waals surface area contributed by atoms with E-state index in [0.717, 1.165) is 21.6 Å². The van der Waals surface area contributed by atoms with Crippen LogP contribution in [0.2, 0.25) is 0 Å². The second-order valence-electron chi connectivity index (χ2n) is 3.63. The van der Waals surface area contributed by atoms with Gasteiger partial charge in [-0.05, 0) is 35.0 Å². The highest BCUT2D eigenvalue weighted by Crippen LogP contribution is 2.30. The van der Waals surface area contributed by atoms with E-state index in [9.17, 15) is 0 Å². The molecule has 0 aliphatic heterocycles. The van der Waals surface area contributed by atoms with Gasteiger partial charge in [0.15, 0.2) is 0 Å². The number of benzene rings is 1. The number of nitrogens with one attached hydrogen (secondary N) is 1. The standard InChI is InChI=1S/C12H13BrN2OS/c1-8(12-6-17-7-14-12)15-11-5-9(16-2)3-4-10(11)13/h3-8,15H,1-2H3. The number of anilines is 1. The number of methoxy groups -OCH3 is 1. The average molecular weight is 313 g/mol. The van der Waals surface area contributed by atoms with Crippen LogP contribution in [-0.2, 0) is 0 Å². The van der Waals surface area contributed by atoms with E-state index in [4.69, 9.17) is 4.74 Å². The summed E-state index contributed by atoms with van der Waals surface area (Å²) in [6, 6.07) is 6.02. The number of rotatable bonds is 4. The van der Waals surface area contributed by atoms with Gasteiger partial charge in [0.2, 0.25) is 0 Å². The summed E-state index contributed by atoms with van der Waals surface area (Å²) in [7, 11) is 1.66. The molecule has 1 aromatic heterocycles. The van der Waals surface area contributed by atoms with E-state index in [1.807, 2.05) is 29.1 Å². The van der Waals surface area contributed by atoms with Crippen LogP contribution in [0, 0.1) is 0 Å². The molecule has 0 saturated heterocycles. The van der Waals surface area contributed by atoms with Gasteiger partial charge in [0.05, 0.1) is 30.0 Å². The first-order valence-corrected chi connectivity index (χ1v) is 6.92. The highest BCUT2D eigenvalue weighted by atomic mass is 79.9. The Labute approximate surface area is 113 Å². The lowest BCUT2D eigenvalue weighted by Gasteiger charge is -2.15. The first kappa shape index (κ1) is 12.4. The predicted octanol–water partition coefficient (Wildman–Crippen LogP) is 4.09. The van der Waals surface area contributed by atoms with Crippen molar-refractivity contribution in [2.75, 3.05) is 12.4 Å². The van der Waals surface area contributed by atoms with Gasteiger partial charge in [0.25, 0.3) is 0 Å². The molecule has 0 fully saturated rings. The van der Waals surface area contributed by atoms with Gasteiger partial charge in [-0.15, -0.1) is 11.3 Å². The second kappa shape index (κ2) is 5.51. The quantitative estimate of drug-likeness (QED) is 0.923. The minimum absolute atomic E-state index is 0.171. The van der Waals surface area contributed by atoms with E-state index in [1.165, 1.54) is 0 Å². The molecule has 1 atom stereocenters. The van der Waals surface area contributed by atoms with E-state index in [2.05, 4.69) is 33.2 Å². The summed E-state index contributed by atoms with van der Waals surface area (Å²) in [4.78, 5) is 4.29. The predicted molar refractivity (Wildman–Crippen MR) is 74.8 cm³/mol. The molecule has 90 valence electrons. The Hall–Kier alpha value is -1.07. The minimum Gasteiger partial charge on any atom is -0.497 e. The molecular weight excluding hydrogens is 300 g/mol. The summed E-state index contributed by atoms with van der Waals surface area (Å²) >= 11 is 5.12. The van der Waals surface area contributed by atoms with Crippen molar-refractivity contribution in [2.45, 2.75) is 13.0 Å². The fourth-order valence-corrected chi connectivity index (χ4v) is 2.49. The number of halogens is 1. The number of hydrogen-bond donors (Lipinski definition) is 1. The third-order valence-electron chi connectivity index (χ3n) is 2.44. The highest BCUT2D eigenvalue weighted by Gasteiger charge is 2.09. The number of hydrogen-bond acceptors (Lipinski definition) is 4. The number of aromatic nitrogens is 1. The summed E-state index contributed by atoms with van der Waals surface area (Å²) < 4.78 is 6.22. The largest absolute Gasteiger partial charge is 0.497 e. The van der Waals surface area contributed by atoms with Crippen molar-refractivity contribution < 1.29 is 4.74 Å². The zero-order chi connectivity index (χ0) is 12.3. The van der Waals surface area contributed by atoms with Crippen LogP contribution in [0.3, 0.4) is 0 Å². The van der Waals surface area contributed by atoms with Gasteiger partial charge >= 0.3 is 0 Å². The van der Waals surface area contributed by atoms with Crippen LogP contribution in [-0.4, -0.2) is 12.1 Å². The van der Waals surface area contributed by atoms with E-state index >= 15 is 0 Å². The van der Waals surface area contributed by atoms with Crippen LogP contribution in [0.25, 0.3) is 0 Å². The van der Waals surface area contributed by atoms with Crippen molar-refractivity contribution in [1.82, 2.24) is 4.98 Å². The molecule has 0 amide bonds. The normalized spacial score (nSPS) is 12.2. The Morgan fingerprint density at radius 1 is 1.47 bits per heavy atom. The first-order valence-electron chi connectivity index (χ1n) is 5.19. The SMILES string of the molecule is COc1ccc(Br)c(NC(C)c2cscn2)c1. The molecule has 1 heterocycles. The smallest absolute Gasteiger partial charge is 0.121 e. The average Bonchev–Trinajstić information content (AvgIpc) is 2.85. The Bertz CT molecular complexity index is 487. The zero-order valence-electron chi connectivity index (χ0n) is 9.61. The van der Waals surface area contributed by atoms with E-state index in [0.29, 0.717) is 0 Å². The third-order valence-corrected chi connectivity index (χ3v) is 3.74. The molecule has 1 N–H and O–H groups in total. The van der Waals surface area contributed by atoms with Crippen molar-refractivity contribution in [3.05, 3.63) is 39.3 Å². The van der Waals surface area contributed by atoms with Gasteiger partial charge in [-0.3, -0.25) is 0 Å². The van der Waals surface area contributed by atoms with E-state index < -0.39 is 0 Å². The van der Waals surface area contributed by atoms with Crippen LogP contribution in [0.15, 0.2) is 33.6 Å². The Balaban J connectivity index is 2.18. The molecule has 2 aromatic rings. The maximum absolute atomic E-state index is 5.21. The van der Waals surface area contributed by atoms with Gasteiger partial charge in [-0.25, -0.2) is 4.98 Å². The lowest BCUT2D eigenvalue weighted by molar-refractivity contribution is 0.415. The summed E-state index contributed by atoms with van der Waals surface area (Å²) in [6.07, 6.45) is 0. The van der Waals surface area contributed by atoms with Crippen LogP contribution in [0.5, 0.6) is 5.75 Å². The topological polar surface area (TPSA) is 34.1 Å². The Kier molecular flexibility index (Phi) is 4.02. The Morgan fingerprint density at radius 2 is 2.29 bits per heavy atom. The van der Waals surface area contributed by atoms with Gasteiger partial charge in [-0.2, -0.15) is 0 Å². The molecule has 1 aromatic carbocycles. The number of thiazole rings is 1. The molecule has 5 heteroatoms. The summed E-state index contributed by atoms with van der Waals surface area (Å²) in [5.74, 6) is 0.834. The van der Waals surface area contributed by atoms with Crippen molar-refractivity contribution in [3.63, 3.8) is 0 Å². The first-order chi connectivity index (χ1) is 8.20. The van der Waals surface area contributed by atoms with Gasteiger partial charge < -0.3 is 10.1 Å². The molecule has 0 bridgehead atoms. The van der Waals surface area contributed by atoms with Crippen molar-refractivity contribution in [1.29, 1.82) is 0 Å². The van der Waals surface area contributed by atoms with Gasteiger partial charge in [-0.1, -0.05) is 0 Å². The highest BCUT2D eigenvalue weighted by molar-refractivity contribution is 9.10. The van der Waals surface area contributed by atoms with Crippen LogP contribution >= 0.6 is 27.3 Å². The maximum Gasteiger partial charge on any atom is 0.121 e. The third kappa shape index (κ3) is 2.98. The number of nitrogens with zero attached hydrogens (tertiary/aromatic N) is 1. The fraction of sp³-hybridized carbons (Fsp3) is 0.250. The molecule has 3 nitrogen and oxygen atoms in total. The molecule has 17 heavy (non-hydrogen) atoms. The van der Waals surface area contributed by atoms with Gasteiger partial charge in [0, 0.05) is 15.9 Å². The number of ether oxygens (including phenoxy) is 1. The zero-order valence-corrected chi connectivity index (χ0v) is 12.0. The molecule has 0 aliphatic carbocycles. The molecule has 0 spiro atoms. The molecule has 0 aliphatic rings. The monoisotopic (exact) mass is 312 g/mol. The Morgan fingerprint density at radius 3 is 2.94 bits per heavy atom. The van der Waals surface area contributed by atoms with Crippen LogP contribution in [0.1, 0.15) is 18.7 Å². The van der Waals surface area contributed by atoms with Crippen LogP contribution < -0.4 is 10.1 Å². The van der Waals surface area contributed by atoms with Gasteiger partial charge in [0.1, 0.15) is 5.75 Å².